The van der Waals surface area contributed by atoms with Gasteiger partial charge in [-0.25, -0.2) is 9.59 Å². The summed E-state index contributed by atoms with van der Waals surface area (Å²) in [7, 11) is 0. The number of phenolic OH excluding ortho intramolecular Hbond substituents is 1. The Morgan fingerprint density at radius 2 is 1.59 bits per heavy atom. The quantitative estimate of drug-likeness (QED) is 0.440. The van der Waals surface area contributed by atoms with Crippen LogP contribution in [0.5, 0.6) is 5.75 Å². The highest BCUT2D eigenvalue weighted by atomic mass is 16.6. The van der Waals surface area contributed by atoms with Gasteiger partial charge in [0.2, 0.25) is 0 Å². The van der Waals surface area contributed by atoms with Gasteiger partial charge in [0.25, 0.3) is 5.69 Å². The molecule has 32 heavy (non-hydrogen) atoms. The van der Waals surface area contributed by atoms with Crippen LogP contribution in [0.4, 0.5) is 16.2 Å². The van der Waals surface area contributed by atoms with E-state index in [1.165, 1.54) is 53.4 Å². The van der Waals surface area contributed by atoms with Crippen LogP contribution in [-0.2, 0) is 4.74 Å². The molecule has 0 aromatic heterocycles. The third-order valence-electron chi connectivity index (χ3n) is 4.97. The number of aromatic hydroxyl groups is 1. The number of nitro groups is 1. The summed E-state index contributed by atoms with van der Waals surface area (Å²) in [6.07, 6.45) is 0.974. The zero-order chi connectivity index (χ0) is 22.8. The molecule has 0 saturated heterocycles. The zero-order valence-corrected chi connectivity index (χ0v) is 16.4. The molecule has 160 valence electrons. The van der Waals surface area contributed by atoms with E-state index in [2.05, 4.69) is 0 Å². The number of amides is 1. The number of nitro benzene ring substituents is 1. The van der Waals surface area contributed by atoms with Crippen LogP contribution in [0.3, 0.4) is 0 Å². The minimum Gasteiger partial charge on any atom is -0.508 e. The van der Waals surface area contributed by atoms with Gasteiger partial charge in [-0.3, -0.25) is 15.0 Å². The predicted molar refractivity (Wildman–Crippen MR) is 114 cm³/mol. The summed E-state index contributed by atoms with van der Waals surface area (Å²) >= 11 is 0. The number of ether oxygens (including phenoxy) is 1. The van der Waals surface area contributed by atoms with E-state index in [0.29, 0.717) is 16.8 Å². The van der Waals surface area contributed by atoms with Gasteiger partial charge in [0.1, 0.15) is 11.5 Å². The number of carbonyl (C=O) groups is 2. The number of carbonyl (C=O) groups excluding carboxylic acids is 1. The first kappa shape index (κ1) is 20.6. The van der Waals surface area contributed by atoms with Crippen LogP contribution in [0.15, 0.2) is 78.9 Å². The lowest BCUT2D eigenvalue weighted by Gasteiger charge is -2.34. The van der Waals surface area contributed by atoms with Gasteiger partial charge in [0.05, 0.1) is 16.5 Å². The highest BCUT2D eigenvalue weighted by Gasteiger charge is 2.33. The molecule has 3 aromatic rings. The Morgan fingerprint density at radius 1 is 0.969 bits per heavy atom. The Bertz CT molecular complexity index is 1220. The Labute approximate surface area is 181 Å². The molecule has 2 N–H and O–H groups in total. The number of phenols is 1. The number of rotatable bonds is 5. The molecular formula is C23H16N2O7. The normalized spacial score (nSPS) is 15.6. The molecule has 1 aliphatic heterocycles. The molecule has 9 nitrogen and oxygen atoms in total. The van der Waals surface area contributed by atoms with E-state index in [-0.39, 0.29) is 22.8 Å². The number of aromatic carboxylic acids is 1. The van der Waals surface area contributed by atoms with Crippen molar-refractivity contribution in [3.05, 3.63) is 106 Å². The lowest BCUT2D eigenvalue weighted by molar-refractivity contribution is -0.384. The number of hydrogen-bond donors (Lipinski definition) is 2. The second kappa shape index (κ2) is 8.23. The van der Waals surface area contributed by atoms with Crippen molar-refractivity contribution in [3.8, 4) is 5.75 Å². The van der Waals surface area contributed by atoms with Crippen molar-refractivity contribution in [2.75, 3.05) is 4.90 Å². The van der Waals surface area contributed by atoms with Crippen LogP contribution in [0.2, 0.25) is 0 Å². The summed E-state index contributed by atoms with van der Waals surface area (Å²) in [5.41, 5.74) is 1.51. The van der Waals surface area contributed by atoms with Crippen molar-refractivity contribution in [2.24, 2.45) is 0 Å². The van der Waals surface area contributed by atoms with Crippen LogP contribution in [0, 0.1) is 10.1 Å². The summed E-state index contributed by atoms with van der Waals surface area (Å²) in [6.45, 7) is 0. The standard InChI is InChI=1S/C23H16N2O7/c26-19-11-5-15(6-12-19)21-13-20(14-1-9-18(10-2-14)25(30)31)24(23(29)32-21)17-7-3-16(4-8-17)22(27)28/h1-13,20,26H,(H,27,28). The highest BCUT2D eigenvalue weighted by molar-refractivity contribution is 5.96. The molecular weight excluding hydrogens is 416 g/mol. The summed E-state index contributed by atoms with van der Waals surface area (Å²) in [5.74, 6) is -0.778. The first-order valence-corrected chi connectivity index (χ1v) is 9.43. The molecule has 0 saturated carbocycles. The number of non-ortho nitro benzene ring substituents is 1. The van der Waals surface area contributed by atoms with Gasteiger partial charge in [-0.2, -0.15) is 0 Å². The Hall–Kier alpha value is -4.66. The molecule has 0 aliphatic carbocycles. The first-order chi connectivity index (χ1) is 15.3. The molecule has 1 amide bonds. The van der Waals surface area contributed by atoms with Crippen LogP contribution >= 0.6 is 0 Å². The van der Waals surface area contributed by atoms with Gasteiger partial charge in [0.15, 0.2) is 0 Å². The minimum atomic E-state index is -1.10. The zero-order valence-electron chi connectivity index (χ0n) is 16.4. The van der Waals surface area contributed by atoms with E-state index in [1.54, 1.807) is 30.3 Å². The van der Waals surface area contributed by atoms with Gasteiger partial charge >= 0.3 is 12.1 Å². The monoisotopic (exact) mass is 432 g/mol. The lowest BCUT2D eigenvalue weighted by atomic mass is 10.00. The van der Waals surface area contributed by atoms with Crippen molar-refractivity contribution in [1.82, 2.24) is 0 Å². The van der Waals surface area contributed by atoms with Crippen molar-refractivity contribution >= 4 is 29.2 Å². The molecule has 0 bridgehead atoms. The molecule has 0 fully saturated rings. The smallest absolute Gasteiger partial charge is 0.420 e. The summed E-state index contributed by atoms with van der Waals surface area (Å²) < 4.78 is 5.51. The fraction of sp³-hybridized carbons (Fsp3) is 0.0435. The lowest BCUT2D eigenvalue weighted by Crippen LogP contribution is -2.37. The molecule has 1 heterocycles. The number of carboxylic acid groups (broad SMARTS) is 1. The molecule has 1 aliphatic rings. The van der Waals surface area contributed by atoms with Gasteiger partial charge < -0.3 is 14.9 Å². The second-order valence-electron chi connectivity index (χ2n) is 6.96. The van der Waals surface area contributed by atoms with Crippen molar-refractivity contribution in [3.63, 3.8) is 0 Å². The maximum atomic E-state index is 13.0. The SMILES string of the molecule is O=C(O)c1ccc(N2C(=O)OC(c3ccc(O)cc3)=CC2c2ccc([N+](=O)[O-])cc2)cc1. The molecule has 0 radical (unpaired) electrons. The number of nitrogens with zero attached hydrogens (tertiary/aromatic N) is 2. The van der Waals surface area contributed by atoms with Crippen LogP contribution in [0.1, 0.15) is 27.5 Å². The van der Waals surface area contributed by atoms with Crippen molar-refractivity contribution < 1.29 is 29.5 Å². The number of anilines is 1. The largest absolute Gasteiger partial charge is 0.508 e. The van der Waals surface area contributed by atoms with Crippen LogP contribution < -0.4 is 4.90 Å². The number of hydrogen-bond acceptors (Lipinski definition) is 6. The number of benzene rings is 3. The Morgan fingerprint density at radius 3 is 2.16 bits per heavy atom. The molecule has 4 rings (SSSR count). The highest BCUT2D eigenvalue weighted by Crippen LogP contribution is 2.37. The van der Waals surface area contributed by atoms with Crippen LogP contribution in [-0.4, -0.2) is 27.2 Å². The van der Waals surface area contributed by atoms with Gasteiger partial charge in [-0.1, -0.05) is 0 Å². The first-order valence-electron chi connectivity index (χ1n) is 9.43. The molecule has 1 unspecified atom stereocenters. The van der Waals surface area contributed by atoms with Crippen molar-refractivity contribution in [1.29, 1.82) is 0 Å². The third-order valence-corrected chi connectivity index (χ3v) is 4.97. The number of carboxylic acids is 1. The summed E-state index contributed by atoms with van der Waals surface area (Å²) in [4.78, 5) is 36.0. The summed E-state index contributed by atoms with van der Waals surface area (Å²) in [5, 5.41) is 29.7. The van der Waals surface area contributed by atoms with E-state index in [9.17, 15) is 24.8 Å². The maximum absolute atomic E-state index is 13.0. The summed E-state index contributed by atoms with van der Waals surface area (Å²) in [6, 6.07) is 16.9. The van der Waals surface area contributed by atoms with E-state index in [4.69, 9.17) is 9.84 Å². The minimum absolute atomic E-state index is 0.0588. The average Bonchev–Trinajstić information content (AvgIpc) is 2.79. The van der Waals surface area contributed by atoms with Crippen LogP contribution in [0.25, 0.3) is 5.76 Å². The average molecular weight is 432 g/mol. The molecule has 1 atom stereocenters. The van der Waals surface area contributed by atoms with Gasteiger partial charge in [0, 0.05) is 23.4 Å². The predicted octanol–water partition coefficient (Wildman–Crippen LogP) is 4.74. The van der Waals surface area contributed by atoms with Gasteiger partial charge in [-0.15, -0.1) is 0 Å². The van der Waals surface area contributed by atoms with E-state index in [0.717, 1.165) is 0 Å². The fourth-order valence-electron chi connectivity index (χ4n) is 3.36. The third kappa shape index (κ3) is 3.99. The fourth-order valence-corrected chi connectivity index (χ4v) is 3.36. The maximum Gasteiger partial charge on any atom is 0.420 e. The number of cyclic esters (lactones) is 1. The van der Waals surface area contributed by atoms with Gasteiger partial charge in [-0.05, 0) is 72.3 Å². The topological polar surface area (TPSA) is 130 Å². The van der Waals surface area contributed by atoms with E-state index < -0.39 is 23.0 Å². The van der Waals surface area contributed by atoms with Crippen molar-refractivity contribution in [2.45, 2.75) is 6.04 Å². The molecule has 3 aromatic carbocycles. The molecule has 9 heteroatoms. The second-order valence-corrected chi connectivity index (χ2v) is 6.96. The van der Waals surface area contributed by atoms with E-state index >= 15 is 0 Å². The molecule has 0 spiro atoms. The Balaban J connectivity index is 1.80. The Kier molecular flexibility index (Phi) is 5.30. The van der Waals surface area contributed by atoms with E-state index in [1.807, 2.05) is 0 Å².